The van der Waals surface area contributed by atoms with Crippen LogP contribution in [-0.4, -0.2) is 34.9 Å². The molecule has 0 saturated carbocycles. The average molecular weight is 656 g/mol. The molecule has 5 aromatic rings. The second-order valence-corrected chi connectivity index (χ2v) is 12.6. The average Bonchev–Trinajstić information content (AvgIpc) is 3.53. The molecule has 3 aromatic carbocycles. The number of rotatable bonds is 9. The minimum absolute atomic E-state index is 0.0646. The number of halogens is 1. The molecular weight excluding hydrogens is 622 g/mol. The maximum absolute atomic E-state index is 14.3. The molecule has 0 aliphatic carbocycles. The highest BCUT2D eigenvalue weighted by atomic mass is 35.5. The number of hydrogen-bond donors (Lipinski definition) is 0. The number of allylic oxidation sites excluding steroid dienone is 1. The fourth-order valence-electron chi connectivity index (χ4n) is 5.78. The summed E-state index contributed by atoms with van der Waals surface area (Å²) in [5, 5.41) is 1.70. The molecule has 0 unspecified atom stereocenters. The van der Waals surface area contributed by atoms with Gasteiger partial charge in [-0.1, -0.05) is 65.4 Å². The van der Waals surface area contributed by atoms with E-state index in [0.717, 1.165) is 22.0 Å². The molecule has 1 atom stereocenters. The van der Waals surface area contributed by atoms with Crippen molar-refractivity contribution in [1.82, 2.24) is 9.13 Å². The van der Waals surface area contributed by atoms with Gasteiger partial charge in [0, 0.05) is 34.2 Å². The minimum Gasteiger partial charge on any atom is -0.493 e. The molecule has 0 amide bonds. The maximum atomic E-state index is 14.3. The number of benzene rings is 3. The van der Waals surface area contributed by atoms with Crippen LogP contribution in [0, 0.1) is 0 Å². The number of carbonyl (C=O) groups is 1. The van der Waals surface area contributed by atoms with Crippen molar-refractivity contribution in [2.24, 2.45) is 4.99 Å². The first-order chi connectivity index (χ1) is 22.2. The Morgan fingerprint density at radius 2 is 1.85 bits per heavy atom. The van der Waals surface area contributed by atoms with Crippen LogP contribution in [-0.2, 0) is 16.1 Å². The van der Waals surface area contributed by atoms with Gasteiger partial charge in [0.05, 0.1) is 41.7 Å². The van der Waals surface area contributed by atoms with E-state index in [0.29, 0.717) is 49.2 Å². The molecule has 0 spiro atoms. The van der Waals surface area contributed by atoms with E-state index >= 15 is 0 Å². The van der Waals surface area contributed by atoms with E-state index in [1.807, 2.05) is 74.7 Å². The molecule has 0 N–H and O–H groups in total. The van der Waals surface area contributed by atoms with E-state index in [1.165, 1.54) is 11.3 Å². The lowest BCUT2D eigenvalue weighted by atomic mass is 9.95. The lowest BCUT2D eigenvalue weighted by molar-refractivity contribution is -0.139. The summed E-state index contributed by atoms with van der Waals surface area (Å²) >= 11 is 7.78. The number of nitrogens with zero attached hydrogens (tertiary/aromatic N) is 3. The van der Waals surface area contributed by atoms with Gasteiger partial charge in [0.15, 0.2) is 16.3 Å². The summed E-state index contributed by atoms with van der Waals surface area (Å²) in [5.74, 6) is 0.546. The van der Waals surface area contributed by atoms with Gasteiger partial charge in [-0.2, -0.15) is 0 Å². The number of esters is 1. The molecule has 1 aliphatic heterocycles. The fourth-order valence-corrected chi connectivity index (χ4v) is 7.02. The molecular formula is C36H34ClN3O5S. The Balaban J connectivity index is 1.52. The van der Waals surface area contributed by atoms with Crippen molar-refractivity contribution < 1.29 is 19.0 Å². The van der Waals surface area contributed by atoms with Gasteiger partial charge in [-0.15, -0.1) is 0 Å². The van der Waals surface area contributed by atoms with Crippen molar-refractivity contribution in [3.05, 3.63) is 126 Å². The molecule has 10 heteroatoms. The van der Waals surface area contributed by atoms with Gasteiger partial charge in [-0.25, -0.2) is 9.79 Å². The van der Waals surface area contributed by atoms with Crippen molar-refractivity contribution in [2.75, 3.05) is 13.7 Å². The van der Waals surface area contributed by atoms with Crippen molar-refractivity contribution in [3.63, 3.8) is 0 Å². The molecule has 0 saturated heterocycles. The van der Waals surface area contributed by atoms with Gasteiger partial charge in [-0.05, 0) is 69.2 Å². The quantitative estimate of drug-likeness (QED) is 0.175. The summed E-state index contributed by atoms with van der Waals surface area (Å²) in [4.78, 5) is 32.9. The van der Waals surface area contributed by atoms with Crippen LogP contribution >= 0.6 is 22.9 Å². The number of methoxy groups -OCH3 is 1. The van der Waals surface area contributed by atoms with Crippen molar-refractivity contribution in [1.29, 1.82) is 0 Å². The lowest BCUT2D eigenvalue weighted by Gasteiger charge is -2.25. The largest absolute Gasteiger partial charge is 0.493 e. The van der Waals surface area contributed by atoms with Gasteiger partial charge in [0.1, 0.15) is 0 Å². The van der Waals surface area contributed by atoms with Gasteiger partial charge in [0.25, 0.3) is 5.56 Å². The van der Waals surface area contributed by atoms with Gasteiger partial charge >= 0.3 is 5.97 Å². The Morgan fingerprint density at radius 1 is 1.09 bits per heavy atom. The smallest absolute Gasteiger partial charge is 0.338 e. The second kappa shape index (κ2) is 13.0. The van der Waals surface area contributed by atoms with Crippen LogP contribution in [0.1, 0.15) is 50.4 Å². The van der Waals surface area contributed by atoms with E-state index in [4.69, 9.17) is 30.8 Å². The number of thiazole rings is 1. The monoisotopic (exact) mass is 655 g/mol. The highest BCUT2D eigenvalue weighted by Gasteiger charge is 2.34. The van der Waals surface area contributed by atoms with Gasteiger partial charge in [-0.3, -0.25) is 9.36 Å². The third kappa shape index (κ3) is 5.88. The highest BCUT2D eigenvalue weighted by Crippen LogP contribution is 2.36. The molecule has 0 radical (unpaired) electrons. The van der Waals surface area contributed by atoms with Crippen molar-refractivity contribution in [3.8, 4) is 11.5 Å². The Hall–Kier alpha value is -4.60. The number of para-hydroxylation sites is 1. The molecule has 3 heterocycles. The molecule has 0 bridgehead atoms. The van der Waals surface area contributed by atoms with E-state index in [2.05, 4.69) is 10.6 Å². The summed E-state index contributed by atoms with van der Waals surface area (Å²) in [6.07, 6.45) is 3.87. The summed E-state index contributed by atoms with van der Waals surface area (Å²) < 4.78 is 21.3. The highest BCUT2D eigenvalue weighted by molar-refractivity contribution is 7.07. The number of hydrogen-bond acceptors (Lipinski definition) is 7. The summed E-state index contributed by atoms with van der Waals surface area (Å²) in [6.45, 7) is 8.16. The molecule has 46 heavy (non-hydrogen) atoms. The molecule has 1 aliphatic rings. The van der Waals surface area contributed by atoms with Gasteiger partial charge in [0.2, 0.25) is 0 Å². The van der Waals surface area contributed by atoms with Gasteiger partial charge < -0.3 is 18.8 Å². The Kier molecular flexibility index (Phi) is 8.88. The van der Waals surface area contributed by atoms with Crippen LogP contribution in [0.3, 0.4) is 0 Å². The number of aromatic nitrogens is 2. The standard InChI is InChI=1S/C36H34ClN3O5S/c1-6-44-35(42)32-22(4)38-36-40(33(32)23-15-16-29(45-21(2)3)30(17-23)43-5)34(41)31(46-36)18-25-20-39(28-14-10-8-12-26(25)28)19-24-11-7-9-13-27(24)37/h7-18,20-21,33H,6,19H2,1-5H3/b31-18+/t33-/m1/s1. The Bertz CT molecular complexity index is 2180. The van der Waals surface area contributed by atoms with Crippen LogP contribution in [0.15, 0.2) is 94.0 Å². The zero-order valence-electron chi connectivity index (χ0n) is 26.2. The van der Waals surface area contributed by atoms with E-state index in [9.17, 15) is 9.59 Å². The SMILES string of the molecule is CCOC(=O)C1=C(C)N=c2s/c(=C/c3cn(Cc4ccccc4Cl)c4ccccc34)c(=O)n2[C@@H]1c1ccc(OC(C)C)c(OC)c1. The first kappa shape index (κ1) is 31.4. The van der Waals surface area contributed by atoms with Crippen LogP contribution in [0.4, 0.5) is 0 Å². The summed E-state index contributed by atoms with van der Waals surface area (Å²) in [7, 11) is 1.56. The molecule has 0 fully saturated rings. The first-order valence-corrected chi connectivity index (χ1v) is 16.2. The van der Waals surface area contributed by atoms with Crippen LogP contribution < -0.4 is 24.4 Å². The van der Waals surface area contributed by atoms with Crippen molar-refractivity contribution in [2.45, 2.75) is 46.4 Å². The van der Waals surface area contributed by atoms with Crippen LogP contribution in [0.25, 0.3) is 17.0 Å². The van der Waals surface area contributed by atoms with Crippen LogP contribution in [0.2, 0.25) is 5.02 Å². The normalized spacial score (nSPS) is 14.8. The molecule has 8 nitrogen and oxygen atoms in total. The molecule has 6 rings (SSSR count). The minimum atomic E-state index is -0.777. The number of fused-ring (bicyclic) bond motifs is 2. The zero-order valence-corrected chi connectivity index (χ0v) is 27.8. The molecule has 2 aromatic heterocycles. The third-order valence-electron chi connectivity index (χ3n) is 7.79. The van der Waals surface area contributed by atoms with E-state index in [1.54, 1.807) is 37.7 Å². The Morgan fingerprint density at radius 3 is 2.59 bits per heavy atom. The number of carbonyl (C=O) groups excluding carboxylic acids is 1. The fraction of sp³-hybridized carbons (Fsp3) is 0.250. The van der Waals surface area contributed by atoms with E-state index in [-0.39, 0.29) is 18.3 Å². The maximum Gasteiger partial charge on any atom is 0.338 e. The first-order valence-electron chi connectivity index (χ1n) is 15.1. The molecule has 236 valence electrons. The Labute approximate surface area is 275 Å². The number of ether oxygens (including phenoxy) is 3. The topological polar surface area (TPSA) is 84.1 Å². The second-order valence-electron chi connectivity index (χ2n) is 11.2. The predicted molar refractivity (Wildman–Crippen MR) is 182 cm³/mol. The third-order valence-corrected chi connectivity index (χ3v) is 9.14. The van der Waals surface area contributed by atoms with E-state index < -0.39 is 12.0 Å². The summed E-state index contributed by atoms with van der Waals surface area (Å²) in [6, 6.07) is 20.5. The van der Waals surface area contributed by atoms with Crippen molar-refractivity contribution >= 4 is 45.9 Å². The predicted octanol–water partition coefficient (Wildman–Crippen LogP) is 6.25. The lowest BCUT2D eigenvalue weighted by Crippen LogP contribution is -2.40. The van der Waals surface area contributed by atoms with Crippen LogP contribution in [0.5, 0.6) is 11.5 Å². The zero-order chi connectivity index (χ0) is 32.5. The summed E-state index contributed by atoms with van der Waals surface area (Å²) in [5.41, 5.74) is 4.13.